The molecule has 1 N–H and O–H groups in total. The molecule has 2 heterocycles. The second kappa shape index (κ2) is 7.32. The van der Waals surface area contributed by atoms with Gasteiger partial charge in [-0.25, -0.2) is 13.7 Å². The van der Waals surface area contributed by atoms with Crippen LogP contribution in [0.2, 0.25) is 0 Å². The van der Waals surface area contributed by atoms with Gasteiger partial charge < -0.3 is 5.32 Å². The highest BCUT2D eigenvalue weighted by atomic mass is 79.9. The van der Waals surface area contributed by atoms with Crippen LogP contribution in [0.15, 0.2) is 57.3 Å². The molecule has 2 aromatic carbocycles. The molecular weight excluding hydrogens is 452 g/mol. The molecule has 0 aromatic heterocycles. The van der Waals surface area contributed by atoms with Crippen LogP contribution in [0, 0.1) is 11.6 Å². The highest BCUT2D eigenvalue weighted by Gasteiger charge is 2.55. The van der Waals surface area contributed by atoms with Crippen LogP contribution in [0.5, 0.6) is 0 Å². The molecule has 2 atom stereocenters. The Labute approximate surface area is 171 Å². The number of imide groups is 1. The largest absolute Gasteiger partial charge is 0.322 e. The van der Waals surface area contributed by atoms with Gasteiger partial charge in [0.25, 0.3) is 11.8 Å². The highest BCUT2D eigenvalue weighted by Crippen LogP contribution is 2.32. The lowest BCUT2D eigenvalue weighted by molar-refractivity contribution is -0.123. The summed E-state index contributed by atoms with van der Waals surface area (Å²) in [5, 5.41) is 10.9. The molecule has 1 saturated heterocycles. The van der Waals surface area contributed by atoms with Crippen molar-refractivity contribution < 1.29 is 23.2 Å². The van der Waals surface area contributed by atoms with Crippen LogP contribution in [0.1, 0.15) is 0 Å². The zero-order chi connectivity index (χ0) is 20.7. The van der Waals surface area contributed by atoms with Gasteiger partial charge in [0.05, 0.1) is 11.4 Å². The molecule has 2 aliphatic rings. The van der Waals surface area contributed by atoms with E-state index in [4.69, 9.17) is 0 Å². The summed E-state index contributed by atoms with van der Waals surface area (Å²) < 4.78 is 27.5. The number of hydrogen-bond acceptors (Lipinski definition) is 6. The minimum atomic E-state index is -1.06. The van der Waals surface area contributed by atoms with Gasteiger partial charge >= 0.3 is 0 Å². The number of hydrogen-bond donors (Lipinski definition) is 1. The lowest BCUT2D eigenvalue weighted by atomic mass is 10.1. The van der Waals surface area contributed by atoms with E-state index in [1.54, 1.807) is 24.3 Å². The number of nitrogens with zero attached hydrogens (tertiary/aromatic N) is 4. The van der Waals surface area contributed by atoms with Crippen molar-refractivity contribution in [2.45, 2.75) is 12.1 Å². The maximum atomic E-state index is 13.7. The van der Waals surface area contributed by atoms with Gasteiger partial charge in [-0.1, -0.05) is 21.2 Å². The molecule has 148 valence electrons. The van der Waals surface area contributed by atoms with Crippen molar-refractivity contribution >= 4 is 45.0 Å². The Bertz CT molecular complexity index is 1050. The molecule has 4 rings (SSSR count). The lowest BCUT2D eigenvalue weighted by Crippen LogP contribution is -2.43. The van der Waals surface area contributed by atoms with E-state index in [2.05, 4.69) is 31.6 Å². The molecule has 2 aromatic rings. The Kier molecular flexibility index (Phi) is 4.82. The van der Waals surface area contributed by atoms with E-state index in [1.807, 2.05) is 0 Å². The van der Waals surface area contributed by atoms with Crippen molar-refractivity contribution in [3.05, 3.63) is 58.6 Å². The van der Waals surface area contributed by atoms with E-state index >= 15 is 0 Å². The summed E-state index contributed by atoms with van der Waals surface area (Å²) in [4.78, 5) is 38.7. The highest BCUT2D eigenvalue weighted by molar-refractivity contribution is 9.10. The molecule has 11 heteroatoms. The van der Waals surface area contributed by atoms with Gasteiger partial charge in [0.2, 0.25) is 5.91 Å². The van der Waals surface area contributed by atoms with Crippen molar-refractivity contribution in [1.82, 2.24) is 5.01 Å². The van der Waals surface area contributed by atoms with Crippen LogP contribution in [0.4, 0.5) is 20.2 Å². The summed E-state index contributed by atoms with van der Waals surface area (Å²) in [6, 6.07) is 7.18. The number of nitrogens with one attached hydrogen (secondary N) is 1. The lowest BCUT2D eigenvalue weighted by Gasteiger charge is -2.20. The first-order valence-electron chi connectivity index (χ1n) is 8.41. The number of anilines is 2. The topological polar surface area (TPSA) is 94.4 Å². The van der Waals surface area contributed by atoms with Crippen LogP contribution >= 0.6 is 15.9 Å². The molecule has 8 nitrogen and oxygen atoms in total. The normalized spacial score (nSPS) is 20.4. The number of benzene rings is 2. The Morgan fingerprint density at radius 1 is 1.10 bits per heavy atom. The SMILES string of the molecule is O=C(CN1N=N[C@@H]2C(=O)N(c3ccc(Br)cc3)C(=O)[C@@H]21)Nc1ccc(F)cc1F. The molecule has 0 bridgehead atoms. The molecule has 0 aliphatic carbocycles. The van der Waals surface area contributed by atoms with E-state index < -0.39 is 48.0 Å². The van der Waals surface area contributed by atoms with E-state index in [0.717, 1.165) is 26.5 Å². The average molecular weight is 464 g/mol. The summed E-state index contributed by atoms with van der Waals surface area (Å²) in [7, 11) is 0. The zero-order valence-corrected chi connectivity index (χ0v) is 16.1. The molecule has 0 radical (unpaired) electrons. The van der Waals surface area contributed by atoms with Crippen LogP contribution in [0.3, 0.4) is 0 Å². The van der Waals surface area contributed by atoms with Gasteiger partial charge in [-0.05, 0) is 36.4 Å². The molecule has 0 unspecified atom stereocenters. The van der Waals surface area contributed by atoms with Crippen molar-refractivity contribution in [3.63, 3.8) is 0 Å². The maximum absolute atomic E-state index is 13.7. The first kappa shape index (κ1) is 19.1. The summed E-state index contributed by atoms with van der Waals surface area (Å²) in [5.41, 5.74) is 0.167. The van der Waals surface area contributed by atoms with Crippen molar-refractivity contribution in [3.8, 4) is 0 Å². The van der Waals surface area contributed by atoms with Gasteiger partial charge in [0.1, 0.15) is 18.2 Å². The molecule has 0 spiro atoms. The van der Waals surface area contributed by atoms with E-state index in [9.17, 15) is 23.2 Å². The number of amides is 3. The molecular formula is C18H12BrF2N5O3. The number of carbonyl (C=O) groups is 3. The monoisotopic (exact) mass is 463 g/mol. The Morgan fingerprint density at radius 2 is 1.83 bits per heavy atom. The van der Waals surface area contributed by atoms with Crippen molar-refractivity contribution in [2.75, 3.05) is 16.8 Å². The number of carbonyl (C=O) groups excluding carboxylic acids is 3. The standard InChI is InChI=1S/C18H12BrF2N5O3/c19-9-1-4-11(5-2-9)26-17(28)15-16(18(26)29)25(24-23-15)8-14(27)22-13-6-3-10(20)7-12(13)21/h1-7,15-16H,8H2,(H,22,27)/t15-,16+/m0/s1. The van der Waals surface area contributed by atoms with Crippen LogP contribution in [-0.2, 0) is 14.4 Å². The van der Waals surface area contributed by atoms with Crippen LogP contribution in [0.25, 0.3) is 0 Å². The molecule has 3 amide bonds. The summed E-state index contributed by atoms with van der Waals surface area (Å²) in [6.07, 6.45) is 0. The van der Waals surface area contributed by atoms with Crippen LogP contribution < -0.4 is 10.2 Å². The van der Waals surface area contributed by atoms with E-state index in [0.29, 0.717) is 11.8 Å². The van der Waals surface area contributed by atoms with Gasteiger partial charge in [0.15, 0.2) is 12.1 Å². The first-order valence-corrected chi connectivity index (χ1v) is 9.20. The fraction of sp³-hybridized carbons (Fsp3) is 0.167. The Balaban J connectivity index is 1.49. The molecule has 1 fully saturated rings. The number of fused-ring (bicyclic) bond motifs is 1. The fourth-order valence-corrected chi connectivity index (χ4v) is 3.39. The molecule has 2 aliphatic heterocycles. The molecule has 29 heavy (non-hydrogen) atoms. The average Bonchev–Trinajstić information content (AvgIpc) is 3.19. The van der Waals surface area contributed by atoms with Gasteiger partial charge in [0, 0.05) is 10.5 Å². The first-order chi connectivity index (χ1) is 13.8. The van der Waals surface area contributed by atoms with Crippen molar-refractivity contribution in [2.24, 2.45) is 10.3 Å². The Morgan fingerprint density at radius 3 is 2.52 bits per heavy atom. The third-order valence-corrected chi connectivity index (χ3v) is 4.98. The number of rotatable bonds is 4. The van der Waals surface area contributed by atoms with Gasteiger partial charge in [-0.15, -0.1) is 0 Å². The summed E-state index contributed by atoms with van der Waals surface area (Å²) in [6.45, 7) is -0.436. The van der Waals surface area contributed by atoms with Gasteiger partial charge in [-0.2, -0.15) is 5.11 Å². The number of halogens is 3. The second-order valence-corrected chi connectivity index (χ2v) is 7.27. The van der Waals surface area contributed by atoms with Gasteiger partial charge in [-0.3, -0.25) is 19.4 Å². The van der Waals surface area contributed by atoms with E-state index in [1.165, 1.54) is 0 Å². The predicted octanol–water partition coefficient (Wildman–Crippen LogP) is 2.66. The fourth-order valence-electron chi connectivity index (χ4n) is 3.13. The van der Waals surface area contributed by atoms with E-state index in [-0.39, 0.29) is 5.69 Å². The maximum Gasteiger partial charge on any atom is 0.263 e. The molecule has 0 saturated carbocycles. The smallest absolute Gasteiger partial charge is 0.263 e. The summed E-state index contributed by atoms with van der Waals surface area (Å²) >= 11 is 3.28. The quantitative estimate of drug-likeness (QED) is 0.705. The third-order valence-electron chi connectivity index (χ3n) is 4.45. The Hall–Kier alpha value is -3.21. The third kappa shape index (κ3) is 3.48. The minimum Gasteiger partial charge on any atom is -0.322 e. The van der Waals surface area contributed by atoms with Crippen LogP contribution in [-0.4, -0.2) is 41.4 Å². The predicted molar refractivity (Wildman–Crippen MR) is 101 cm³/mol. The zero-order valence-electron chi connectivity index (χ0n) is 14.6. The van der Waals surface area contributed by atoms with Crippen molar-refractivity contribution in [1.29, 1.82) is 0 Å². The second-order valence-electron chi connectivity index (χ2n) is 6.35. The minimum absolute atomic E-state index is 0.214. The summed E-state index contributed by atoms with van der Waals surface area (Å²) in [5.74, 6) is -3.52.